The molecule has 2 aliphatic rings. The minimum atomic E-state index is -0.212. The van der Waals surface area contributed by atoms with E-state index in [1.165, 1.54) is 6.42 Å². The molecule has 0 saturated carbocycles. The largest absolute Gasteiger partial charge is 0.390 e. The fourth-order valence-corrected chi connectivity index (χ4v) is 2.22. The summed E-state index contributed by atoms with van der Waals surface area (Å²) in [6.45, 7) is 5.40. The highest BCUT2D eigenvalue weighted by atomic mass is 16.5. The molecule has 2 aliphatic heterocycles. The second-order valence-corrected chi connectivity index (χ2v) is 4.18. The van der Waals surface area contributed by atoms with Crippen molar-refractivity contribution in [1.82, 2.24) is 10.2 Å². The van der Waals surface area contributed by atoms with Crippen LogP contribution in [0.3, 0.4) is 0 Å². The Balaban J connectivity index is 1.72. The van der Waals surface area contributed by atoms with Gasteiger partial charge in [-0.25, -0.2) is 0 Å². The second kappa shape index (κ2) is 5.07. The molecule has 0 aromatic carbocycles. The molecule has 4 heteroatoms. The first-order valence-corrected chi connectivity index (χ1v) is 5.58. The SMILES string of the molecule is OC(CN1CCOCC1)C1CCCN1. The lowest BCUT2D eigenvalue weighted by molar-refractivity contribution is 0.00808. The van der Waals surface area contributed by atoms with E-state index in [1.807, 2.05) is 0 Å². The van der Waals surface area contributed by atoms with Gasteiger partial charge in [0.25, 0.3) is 0 Å². The van der Waals surface area contributed by atoms with Gasteiger partial charge in [-0.3, -0.25) is 4.90 Å². The molecule has 0 spiro atoms. The van der Waals surface area contributed by atoms with Crippen LogP contribution in [-0.4, -0.2) is 61.5 Å². The van der Waals surface area contributed by atoms with E-state index in [0.717, 1.165) is 45.8 Å². The van der Waals surface area contributed by atoms with E-state index >= 15 is 0 Å². The maximum atomic E-state index is 9.96. The van der Waals surface area contributed by atoms with Gasteiger partial charge in [0.05, 0.1) is 19.3 Å². The molecule has 0 bridgehead atoms. The van der Waals surface area contributed by atoms with E-state index in [0.29, 0.717) is 6.04 Å². The highest BCUT2D eigenvalue weighted by Gasteiger charge is 2.24. The molecule has 0 aliphatic carbocycles. The van der Waals surface area contributed by atoms with Gasteiger partial charge < -0.3 is 15.2 Å². The normalized spacial score (nSPS) is 31.9. The van der Waals surface area contributed by atoms with Gasteiger partial charge in [-0.1, -0.05) is 0 Å². The maximum absolute atomic E-state index is 9.96. The number of hydrogen-bond acceptors (Lipinski definition) is 4. The van der Waals surface area contributed by atoms with Gasteiger partial charge in [0.2, 0.25) is 0 Å². The van der Waals surface area contributed by atoms with E-state index < -0.39 is 0 Å². The average Bonchev–Trinajstić information content (AvgIpc) is 2.72. The number of aliphatic hydroxyl groups excluding tert-OH is 1. The number of morpholine rings is 1. The number of rotatable bonds is 3. The molecule has 2 rings (SSSR count). The van der Waals surface area contributed by atoms with Crippen LogP contribution in [0.2, 0.25) is 0 Å². The Bertz CT molecular complexity index is 166. The minimum Gasteiger partial charge on any atom is -0.390 e. The number of β-amino-alcohol motifs (C(OH)–C–C–N with tert-alkyl or cyclic N) is 1. The predicted molar refractivity (Wildman–Crippen MR) is 54.3 cm³/mol. The summed E-state index contributed by atoms with van der Waals surface area (Å²) in [5.41, 5.74) is 0. The van der Waals surface area contributed by atoms with Crippen molar-refractivity contribution < 1.29 is 9.84 Å². The van der Waals surface area contributed by atoms with Crippen molar-refractivity contribution in [3.63, 3.8) is 0 Å². The van der Waals surface area contributed by atoms with Crippen LogP contribution in [0.1, 0.15) is 12.8 Å². The minimum absolute atomic E-state index is 0.212. The summed E-state index contributed by atoms with van der Waals surface area (Å²) in [6, 6.07) is 0.317. The number of nitrogens with one attached hydrogen (secondary N) is 1. The van der Waals surface area contributed by atoms with Crippen LogP contribution in [0.4, 0.5) is 0 Å². The molecule has 2 heterocycles. The summed E-state index contributed by atoms with van der Waals surface area (Å²) in [7, 11) is 0. The number of ether oxygens (including phenoxy) is 1. The van der Waals surface area contributed by atoms with Gasteiger partial charge in [0.15, 0.2) is 0 Å². The summed E-state index contributed by atoms with van der Waals surface area (Å²) in [4.78, 5) is 2.29. The molecule has 82 valence electrons. The Morgan fingerprint density at radius 3 is 2.86 bits per heavy atom. The molecular weight excluding hydrogens is 180 g/mol. The number of nitrogens with zero attached hydrogens (tertiary/aromatic N) is 1. The number of hydrogen-bond donors (Lipinski definition) is 2. The lowest BCUT2D eigenvalue weighted by atomic mass is 10.1. The van der Waals surface area contributed by atoms with Crippen molar-refractivity contribution in [3.05, 3.63) is 0 Å². The maximum Gasteiger partial charge on any atom is 0.0819 e. The quantitative estimate of drug-likeness (QED) is 0.640. The highest BCUT2D eigenvalue weighted by Crippen LogP contribution is 2.11. The van der Waals surface area contributed by atoms with E-state index in [1.54, 1.807) is 0 Å². The van der Waals surface area contributed by atoms with E-state index in [4.69, 9.17) is 4.74 Å². The van der Waals surface area contributed by atoms with Gasteiger partial charge in [-0.15, -0.1) is 0 Å². The van der Waals surface area contributed by atoms with Crippen LogP contribution in [0.25, 0.3) is 0 Å². The van der Waals surface area contributed by atoms with Gasteiger partial charge in [0, 0.05) is 25.7 Å². The van der Waals surface area contributed by atoms with Crippen molar-refractivity contribution in [2.24, 2.45) is 0 Å². The van der Waals surface area contributed by atoms with Crippen LogP contribution >= 0.6 is 0 Å². The molecule has 2 fully saturated rings. The van der Waals surface area contributed by atoms with Crippen molar-refractivity contribution in [1.29, 1.82) is 0 Å². The zero-order valence-electron chi connectivity index (χ0n) is 8.61. The van der Waals surface area contributed by atoms with Crippen LogP contribution in [0, 0.1) is 0 Å². The summed E-state index contributed by atoms with van der Waals surface area (Å²) in [5, 5.41) is 13.3. The molecule has 2 N–H and O–H groups in total. The molecule has 2 atom stereocenters. The van der Waals surface area contributed by atoms with E-state index in [-0.39, 0.29) is 6.10 Å². The van der Waals surface area contributed by atoms with Crippen LogP contribution in [0.15, 0.2) is 0 Å². The van der Waals surface area contributed by atoms with E-state index in [9.17, 15) is 5.11 Å². The van der Waals surface area contributed by atoms with Gasteiger partial charge in [-0.05, 0) is 19.4 Å². The monoisotopic (exact) mass is 200 g/mol. The molecule has 4 nitrogen and oxygen atoms in total. The zero-order valence-corrected chi connectivity index (χ0v) is 8.61. The third kappa shape index (κ3) is 2.67. The third-order valence-corrected chi connectivity index (χ3v) is 3.11. The Morgan fingerprint density at radius 1 is 1.43 bits per heavy atom. The van der Waals surface area contributed by atoms with Crippen LogP contribution in [-0.2, 0) is 4.74 Å². The Morgan fingerprint density at radius 2 is 2.21 bits per heavy atom. The van der Waals surface area contributed by atoms with Crippen LogP contribution < -0.4 is 5.32 Å². The average molecular weight is 200 g/mol. The summed E-state index contributed by atoms with van der Waals surface area (Å²) in [5.74, 6) is 0. The first-order valence-electron chi connectivity index (χ1n) is 5.58. The lowest BCUT2D eigenvalue weighted by Crippen LogP contribution is -2.46. The fraction of sp³-hybridized carbons (Fsp3) is 1.00. The predicted octanol–water partition coefficient (Wildman–Crippen LogP) is -0.568. The van der Waals surface area contributed by atoms with Gasteiger partial charge >= 0.3 is 0 Å². The molecule has 0 radical (unpaired) electrons. The molecule has 0 amide bonds. The molecular formula is C10H20N2O2. The first-order chi connectivity index (χ1) is 6.86. The van der Waals surface area contributed by atoms with Crippen molar-refractivity contribution in [2.45, 2.75) is 25.0 Å². The number of aliphatic hydroxyl groups is 1. The van der Waals surface area contributed by atoms with Crippen molar-refractivity contribution >= 4 is 0 Å². The Hall–Kier alpha value is -0.160. The van der Waals surface area contributed by atoms with Crippen molar-refractivity contribution in [3.8, 4) is 0 Å². The van der Waals surface area contributed by atoms with Gasteiger partial charge in [-0.2, -0.15) is 0 Å². The Kier molecular flexibility index (Phi) is 3.75. The molecule has 0 aromatic rings. The fourth-order valence-electron chi connectivity index (χ4n) is 2.22. The smallest absolute Gasteiger partial charge is 0.0819 e. The third-order valence-electron chi connectivity index (χ3n) is 3.11. The zero-order chi connectivity index (χ0) is 9.80. The first kappa shape index (κ1) is 10.4. The molecule has 14 heavy (non-hydrogen) atoms. The molecule has 2 saturated heterocycles. The van der Waals surface area contributed by atoms with Gasteiger partial charge in [0.1, 0.15) is 0 Å². The topological polar surface area (TPSA) is 44.7 Å². The van der Waals surface area contributed by atoms with E-state index in [2.05, 4.69) is 10.2 Å². The standard InChI is InChI=1S/C10H20N2O2/c13-10(9-2-1-3-11-9)8-12-4-6-14-7-5-12/h9-11,13H,1-8H2. The summed E-state index contributed by atoms with van der Waals surface area (Å²) >= 11 is 0. The molecule has 2 unspecified atom stereocenters. The Labute approximate surface area is 85.2 Å². The summed E-state index contributed by atoms with van der Waals surface area (Å²) in [6.07, 6.45) is 2.10. The lowest BCUT2D eigenvalue weighted by Gasteiger charge is -2.30. The molecule has 0 aromatic heterocycles. The highest BCUT2D eigenvalue weighted by molar-refractivity contribution is 4.83. The van der Waals surface area contributed by atoms with Crippen molar-refractivity contribution in [2.75, 3.05) is 39.4 Å². The second-order valence-electron chi connectivity index (χ2n) is 4.18. The van der Waals surface area contributed by atoms with Crippen LogP contribution in [0.5, 0.6) is 0 Å². The summed E-state index contributed by atoms with van der Waals surface area (Å²) < 4.78 is 5.27.